The molecule has 3 rings (SSSR count). The van der Waals surface area contributed by atoms with E-state index >= 15 is 0 Å². The number of aliphatic carboxylic acids is 1. The number of hydrogen-bond acceptors (Lipinski definition) is 6. The van der Waals surface area contributed by atoms with Crippen LogP contribution in [0.15, 0.2) is 30.3 Å². The number of nitrogens with zero attached hydrogens (tertiary/aromatic N) is 4. The summed E-state index contributed by atoms with van der Waals surface area (Å²) in [6.07, 6.45) is -0.000727. The number of carbonyl (C=O) groups is 1. The summed E-state index contributed by atoms with van der Waals surface area (Å²) in [7, 11) is 5.53. The van der Waals surface area contributed by atoms with Crippen LogP contribution in [0, 0.1) is 13.8 Å². The Morgan fingerprint density at radius 2 is 1.97 bits per heavy atom. The molecule has 0 saturated heterocycles. The smallest absolute Gasteiger partial charge is 0.304 e. The maximum atomic E-state index is 11.8. The second-order valence-corrected chi connectivity index (χ2v) is 9.68. The molecule has 0 bridgehead atoms. The highest BCUT2D eigenvalue weighted by atomic mass is 16.5. The first-order valence-electron chi connectivity index (χ1n) is 11.4. The lowest BCUT2D eigenvalue weighted by Gasteiger charge is -2.28. The highest BCUT2D eigenvalue weighted by Crippen LogP contribution is 2.34. The van der Waals surface area contributed by atoms with Crippen molar-refractivity contribution < 1.29 is 19.4 Å². The fraction of sp³-hybridized carbons (Fsp3) is 0.500. The Kier molecular flexibility index (Phi) is 8.07. The Morgan fingerprint density at radius 1 is 1.24 bits per heavy atom. The van der Waals surface area contributed by atoms with E-state index in [1.165, 1.54) is 0 Å². The van der Waals surface area contributed by atoms with Gasteiger partial charge in [-0.05, 0) is 68.6 Å². The van der Waals surface area contributed by atoms with Crippen molar-refractivity contribution in [1.29, 1.82) is 0 Å². The number of methoxy groups -OCH3 is 1. The van der Waals surface area contributed by atoms with Gasteiger partial charge in [0.05, 0.1) is 30.9 Å². The van der Waals surface area contributed by atoms with Crippen LogP contribution in [-0.2, 0) is 27.9 Å². The van der Waals surface area contributed by atoms with Crippen molar-refractivity contribution in [2.45, 2.75) is 52.2 Å². The van der Waals surface area contributed by atoms with Gasteiger partial charge in [-0.1, -0.05) is 29.5 Å². The van der Waals surface area contributed by atoms with Gasteiger partial charge in [-0.25, -0.2) is 4.68 Å². The van der Waals surface area contributed by atoms with Crippen LogP contribution in [0.2, 0.25) is 0 Å². The Hall–Kier alpha value is -2.81. The third-order valence-electron chi connectivity index (χ3n) is 6.22. The zero-order valence-corrected chi connectivity index (χ0v) is 21.3. The van der Waals surface area contributed by atoms with Crippen LogP contribution >= 0.6 is 0 Å². The van der Waals surface area contributed by atoms with Crippen LogP contribution in [0.3, 0.4) is 0 Å². The normalized spacial score (nSPS) is 13.1. The summed E-state index contributed by atoms with van der Waals surface area (Å²) < 4.78 is 13.0. The Balaban J connectivity index is 1.90. The van der Waals surface area contributed by atoms with Crippen LogP contribution in [0.4, 0.5) is 0 Å². The molecule has 1 N–H and O–H groups in total. The highest BCUT2D eigenvalue weighted by molar-refractivity contribution is 5.80. The van der Waals surface area contributed by atoms with Gasteiger partial charge in [0.1, 0.15) is 5.52 Å². The molecule has 3 aromatic rings. The van der Waals surface area contributed by atoms with E-state index in [2.05, 4.69) is 34.3 Å². The molecule has 1 heterocycles. The first-order valence-corrected chi connectivity index (χ1v) is 11.4. The quantitative estimate of drug-likeness (QED) is 0.425. The molecule has 2 aromatic carbocycles. The molecular formula is C26H36N4O4. The summed E-state index contributed by atoms with van der Waals surface area (Å²) in [6.45, 7) is 9.73. The molecule has 1 unspecified atom stereocenters. The fourth-order valence-electron chi connectivity index (χ4n) is 4.30. The van der Waals surface area contributed by atoms with Crippen molar-refractivity contribution in [2.75, 3.05) is 27.5 Å². The Morgan fingerprint density at radius 3 is 2.65 bits per heavy atom. The number of carboxylic acids is 1. The minimum Gasteiger partial charge on any atom is -0.481 e. The van der Waals surface area contributed by atoms with Crippen LogP contribution in [-0.4, -0.2) is 64.1 Å². The summed E-state index contributed by atoms with van der Waals surface area (Å²) in [5.41, 5.74) is 6.56. The number of ether oxygens (including phenoxy) is 2. The second-order valence-electron chi connectivity index (χ2n) is 9.68. The average molecular weight is 469 g/mol. The van der Waals surface area contributed by atoms with Crippen molar-refractivity contribution in [3.63, 3.8) is 0 Å². The molecule has 34 heavy (non-hydrogen) atoms. The van der Waals surface area contributed by atoms with E-state index in [-0.39, 0.29) is 17.9 Å². The molecule has 0 saturated carbocycles. The molecule has 0 radical (unpaired) electrons. The van der Waals surface area contributed by atoms with Gasteiger partial charge in [-0.2, -0.15) is 0 Å². The number of fused-ring (bicyclic) bond motifs is 1. The molecule has 8 nitrogen and oxygen atoms in total. The topological polar surface area (TPSA) is 89.7 Å². The Labute approximate surface area is 201 Å². The van der Waals surface area contributed by atoms with Crippen molar-refractivity contribution >= 4 is 17.0 Å². The molecule has 0 aliphatic heterocycles. The van der Waals surface area contributed by atoms with Crippen molar-refractivity contribution in [3.05, 3.63) is 58.1 Å². The fourth-order valence-corrected chi connectivity index (χ4v) is 4.30. The van der Waals surface area contributed by atoms with E-state index in [9.17, 15) is 9.90 Å². The first-order chi connectivity index (χ1) is 16.0. The minimum absolute atomic E-state index is 0.000727. The van der Waals surface area contributed by atoms with Gasteiger partial charge in [0.2, 0.25) is 0 Å². The molecular weight excluding hydrogens is 432 g/mol. The van der Waals surface area contributed by atoms with Crippen molar-refractivity contribution in [1.82, 2.24) is 19.9 Å². The lowest BCUT2D eigenvalue weighted by molar-refractivity contribution is -0.137. The van der Waals surface area contributed by atoms with E-state index in [1.807, 2.05) is 53.1 Å². The zero-order chi connectivity index (χ0) is 25.0. The maximum Gasteiger partial charge on any atom is 0.304 e. The summed E-state index contributed by atoms with van der Waals surface area (Å²) in [5.74, 6) is -1.12. The van der Waals surface area contributed by atoms with Crippen molar-refractivity contribution in [2.24, 2.45) is 7.05 Å². The standard InChI is InChI=1S/C26H36N4O4/c1-17-8-9-19(12-20(17)14-29(5)16-34-26(3,4)15-33-7)22(13-24(31)32)21-10-11-23-25(18(21)2)27-28-30(23)6/h8-12,22H,13-16H2,1-7H3,(H,31,32). The predicted octanol–water partition coefficient (Wildman–Crippen LogP) is 4.02. The van der Waals surface area contributed by atoms with Gasteiger partial charge >= 0.3 is 5.97 Å². The monoisotopic (exact) mass is 468 g/mol. The predicted molar refractivity (Wildman–Crippen MR) is 132 cm³/mol. The molecule has 0 aliphatic rings. The summed E-state index contributed by atoms with van der Waals surface area (Å²) in [4.78, 5) is 13.9. The summed E-state index contributed by atoms with van der Waals surface area (Å²) in [5, 5.41) is 18.1. The van der Waals surface area contributed by atoms with E-state index in [0.717, 1.165) is 38.9 Å². The zero-order valence-electron chi connectivity index (χ0n) is 21.3. The van der Waals surface area contributed by atoms with E-state index in [0.29, 0.717) is 19.9 Å². The number of carboxylic acid groups (broad SMARTS) is 1. The van der Waals surface area contributed by atoms with Crippen LogP contribution < -0.4 is 0 Å². The van der Waals surface area contributed by atoms with Gasteiger partial charge in [-0.3, -0.25) is 9.69 Å². The molecule has 1 atom stereocenters. The lowest BCUT2D eigenvalue weighted by atomic mass is 9.84. The molecule has 184 valence electrons. The van der Waals surface area contributed by atoms with Crippen LogP contribution in [0.5, 0.6) is 0 Å². The SMILES string of the molecule is COCC(C)(C)OCN(C)Cc1cc(C(CC(=O)O)c2ccc3c(nnn3C)c2C)ccc1C. The number of aromatic nitrogens is 3. The number of rotatable bonds is 11. The maximum absolute atomic E-state index is 11.8. The lowest BCUT2D eigenvalue weighted by Crippen LogP contribution is -2.35. The summed E-state index contributed by atoms with van der Waals surface area (Å²) in [6, 6.07) is 10.2. The third-order valence-corrected chi connectivity index (χ3v) is 6.22. The number of aryl methyl sites for hydroxylation is 3. The first kappa shape index (κ1) is 25.8. The number of hydrogen-bond donors (Lipinski definition) is 1. The molecule has 0 aliphatic carbocycles. The van der Waals surface area contributed by atoms with Gasteiger partial charge in [0.25, 0.3) is 0 Å². The largest absolute Gasteiger partial charge is 0.481 e. The van der Waals surface area contributed by atoms with E-state index in [1.54, 1.807) is 11.8 Å². The van der Waals surface area contributed by atoms with Crippen molar-refractivity contribution in [3.8, 4) is 0 Å². The molecule has 0 fully saturated rings. The van der Waals surface area contributed by atoms with Gasteiger partial charge in [-0.15, -0.1) is 5.10 Å². The van der Waals surface area contributed by atoms with Gasteiger partial charge < -0.3 is 14.6 Å². The highest BCUT2D eigenvalue weighted by Gasteiger charge is 2.23. The molecule has 1 aromatic heterocycles. The summed E-state index contributed by atoms with van der Waals surface area (Å²) >= 11 is 0. The van der Waals surface area contributed by atoms with Gasteiger partial charge in [0, 0.05) is 26.6 Å². The van der Waals surface area contributed by atoms with Crippen LogP contribution in [0.1, 0.15) is 54.0 Å². The minimum atomic E-state index is -0.836. The number of benzene rings is 2. The average Bonchev–Trinajstić information content (AvgIpc) is 3.14. The van der Waals surface area contributed by atoms with E-state index < -0.39 is 5.97 Å². The van der Waals surface area contributed by atoms with Crippen LogP contribution in [0.25, 0.3) is 11.0 Å². The molecule has 0 amide bonds. The van der Waals surface area contributed by atoms with E-state index in [4.69, 9.17) is 9.47 Å². The molecule has 0 spiro atoms. The molecule has 8 heteroatoms. The third kappa shape index (κ3) is 6.00. The Bertz CT molecular complexity index is 1160. The second kappa shape index (κ2) is 10.6. The van der Waals surface area contributed by atoms with Gasteiger partial charge in [0.15, 0.2) is 0 Å².